The molecule has 5 nitrogen and oxygen atoms in total. The Hall–Kier alpha value is -2.04. The van der Waals surface area contributed by atoms with Crippen molar-refractivity contribution < 1.29 is 14.3 Å². The summed E-state index contributed by atoms with van der Waals surface area (Å²) in [5, 5.41) is 2.75. The molecule has 0 radical (unpaired) electrons. The number of fused-ring (bicyclic) bond motifs is 1. The van der Waals surface area contributed by atoms with Gasteiger partial charge in [-0.1, -0.05) is 19.3 Å². The van der Waals surface area contributed by atoms with E-state index in [4.69, 9.17) is 4.74 Å². The van der Waals surface area contributed by atoms with Crippen molar-refractivity contribution in [3.05, 3.63) is 29.8 Å². The molecule has 2 aliphatic rings. The fraction of sp³-hybridized carbons (Fsp3) is 0.600. The summed E-state index contributed by atoms with van der Waals surface area (Å²) in [4.78, 5) is 26.6. The standard InChI is InChI=1S/C20H28N2O3/c1-2-25-18-9-7-16(8-10-18)20(24)21-13-19(23)22-12-11-15-5-3-4-6-17(15)14-22/h7-10,15,17H,2-6,11-14H2,1H3,(H,21,24)/t15-,17+/m1/s1. The monoisotopic (exact) mass is 344 g/mol. The summed E-state index contributed by atoms with van der Waals surface area (Å²) < 4.78 is 5.37. The van der Waals surface area contributed by atoms with Gasteiger partial charge >= 0.3 is 0 Å². The third kappa shape index (κ3) is 4.53. The molecule has 1 saturated heterocycles. The number of amides is 2. The number of likely N-dealkylation sites (tertiary alicyclic amines) is 1. The Labute approximate surface area is 149 Å². The summed E-state index contributed by atoms with van der Waals surface area (Å²) in [6, 6.07) is 6.98. The second-order valence-corrected chi connectivity index (χ2v) is 7.07. The Bertz CT molecular complexity index is 599. The third-order valence-electron chi connectivity index (χ3n) is 5.47. The van der Waals surface area contributed by atoms with E-state index in [9.17, 15) is 9.59 Å². The molecule has 0 spiro atoms. The molecule has 1 N–H and O–H groups in total. The van der Waals surface area contributed by atoms with Crippen LogP contribution in [0.25, 0.3) is 0 Å². The summed E-state index contributed by atoms with van der Waals surface area (Å²) in [5.41, 5.74) is 0.544. The molecule has 1 heterocycles. The summed E-state index contributed by atoms with van der Waals surface area (Å²) >= 11 is 0. The molecule has 1 saturated carbocycles. The van der Waals surface area contributed by atoms with Crippen molar-refractivity contribution in [3.63, 3.8) is 0 Å². The molecule has 5 heteroatoms. The molecular formula is C20H28N2O3. The van der Waals surface area contributed by atoms with Gasteiger partial charge in [-0.05, 0) is 55.9 Å². The number of rotatable bonds is 5. The predicted molar refractivity (Wildman–Crippen MR) is 96.6 cm³/mol. The fourth-order valence-corrected chi connectivity index (χ4v) is 4.07. The smallest absolute Gasteiger partial charge is 0.251 e. The van der Waals surface area contributed by atoms with E-state index >= 15 is 0 Å². The molecule has 136 valence electrons. The Balaban J connectivity index is 1.47. The molecule has 0 aromatic heterocycles. The SMILES string of the molecule is CCOc1ccc(C(=O)NCC(=O)N2CC[C@H]3CCCC[C@H]3C2)cc1. The van der Waals surface area contributed by atoms with Crippen LogP contribution in [0.5, 0.6) is 5.75 Å². The van der Waals surface area contributed by atoms with Crippen LogP contribution in [0.1, 0.15) is 49.4 Å². The number of hydrogen-bond acceptors (Lipinski definition) is 3. The molecule has 3 rings (SSSR count). The number of carbonyl (C=O) groups is 2. The van der Waals surface area contributed by atoms with E-state index in [0.29, 0.717) is 18.1 Å². The average Bonchev–Trinajstić information content (AvgIpc) is 2.66. The van der Waals surface area contributed by atoms with E-state index in [1.54, 1.807) is 24.3 Å². The zero-order valence-electron chi connectivity index (χ0n) is 15.0. The summed E-state index contributed by atoms with van der Waals surface area (Å²) in [6.45, 7) is 4.28. The van der Waals surface area contributed by atoms with Crippen molar-refractivity contribution in [2.24, 2.45) is 11.8 Å². The van der Waals surface area contributed by atoms with Gasteiger partial charge in [0.2, 0.25) is 5.91 Å². The van der Waals surface area contributed by atoms with Gasteiger partial charge in [0, 0.05) is 18.7 Å². The lowest BCUT2D eigenvalue weighted by Crippen LogP contribution is -2.48. The number of ether oxygens (including phenoxy) is 1. The van der Waals surface area contributed by atoms with Crippen LogP contribution in [-0.4, -0.2) is 43.0 Å². The van der Waals surface area contributed by atoms with Crippen LogP contribution >= 0.6 is 0 Å². The maximum atomic E-state index is 12.4. The van der Waals surface area contributed by atoms with Crippen molar-refractivity contribution in [2.45, 2.75) is 39.0 Å². The van der Waals surface area contributed by atoms with Gasteiger partial charge in [-0.3, -0.25) is 9.59 Å². The zero-order valence-corrected chi connectivity index (χ0v) is 15.0. The van der Waals surface area contributed by atoms with Crippen LogP contribution in [0.3, 0.4) is 0 Å². The van der Waals surface area contributed by atoms with E-state index < -0.39 is 0 Å². The van der Waals surface area contributed by atoms with Gasteiger partial charge in [-0.25, -0.2) is 0 Å². The quantitative estimate of drug-likeness (QED) is 0.893. The van der Waals surface area contributed by atoms with Crippen molar-refractivity contribution >= 4 is 11.8 Å². The first kappa shape index (κ1) is 17.8. The summed E-state index contributed by atoms with van der Waals surface area (Å²) in [5.74, 6) is 2.02. The molecule has 2 atom stereocenters. The Morgan fingerprint density at radius 1 is 1.12 bits per heavy atom. The molecule has 0 bridgehead atoms. The zero-order chi connectivity index (χ0) is 17.6. The van der Waals surface area contributed by atoms with Gasteiger partial charge in [0.05, 0.1) is 13.2 Å². The Morgan fingerprint density at radius 3 is 2.56 bits per heavy atom. The maximum absolute atomic E-state index is 12.4. The highest BCUT2D eigenvalue weighted by Crippen LogP contribution is 2.35. The molecule has 25 heavy (non-hydrogen) atoms. The molecule has 1 aliphatic carbocycles. The second kappa shape index (κ2) is 8.37. The van der Waals surface area contributed by atoms with Gasteiger partial charge in [0.25, 0.3) is 5.91 Å². The average molecular weight is 344 g/mol. The van der Waals surface area contributed by atoms with Crippen molar-refractivity contribution in [3.8, 4) is 5.75 Å². The second-order valence-electron chi connectivity index (χ2n) is 7.07. The van der Waals surface area contributed by atoms with Crippen LogP contribution in [0.4, 0.5) is 0 Å². The minimum Gasteiger partial charge on any atom is -0.494 e. The summed E-state index contributed by atoms with van der Waals surface area (Å²) in [7, 11) is 0. The van der Waals surface area contributed by atoms with Crippen molar-refractivity contribution in [1.82, 2.24) is 10.2 Å². The number of hydrogen-bond donors (Lipinski definition) is 1. The van der Waals surface area contributed by atoms with Crippen LogP contribution in [0.2, 0.25) is 0 Å². The molecule has 2 amide bonds. The largest absolute Gasteiger partial charge is 0.494 e. The highest BCUT2D eigenvalue weighted by atomic mass is 16.5. The fourth-order valence-electron chi connectivity index (χ4n) is 4.07. The highest BCUT2D eigenvalue weighted by Gasteiger charge is 2.32. The lowest BCUT2D eigenvalue weighted by molar-refractivity contribution is -0.133. The lowest BCUT2D eigenvalue weighted by atomic mass is 9.75. The molecule has 0 unspecified atom stereocenters. The normalized spacial score (nSPS) is 22.8. The predicted octanol–water partition coefficient (Wildman–Crippen LogP) is 2.85. The van der Waals surface area contributed by atoms with Gasteiger partial charge in [-0.2, -0.15) is 0 Å². The molecule has 1 aromatic carbocycles. The van der Waals surface area contributed by atoms with Gasteiger partial charge < -0.3 is 15.0 Å². The number of benzene rings is 1. The van der Waals surface area contributed by atoms with E-state index in [1.165, 1.54) is 25.7 Å². The van der Waals surface area contributed by atoms with Crippen LogP contribution in [0, 0.1) is 11.8 Å². The van der Waals surface area contributed by atoms with Crippen molar-refractivity contribution in [2.75, 3.05) is 26.2 Å². The number of nitrogens with zero attached hydrogens (tertiary/aromatic N) is 1. The highest BCUT2D eigenvalue weighted by molar-refractivity contribution is 5.96. The minimum absolute atomic E-state index is 0.0308. The molecule has 1 aromatic rings. The number of nitrogens with one attached hydrogen (secondary N) is 1. The van der Waals surface area contributed by atoms with E-state index in [1.807, 2.05) is 11.8 Å². The van der Waals surface area contributed by atoms with Crippen molar-refractivity contribution in [1.29, 1.82) is 0 Å². The molecule has 1 aliphatic heterocycles. The lowest BCUT2D eigenvalue weighted by Gasteiger charge is -2.41. The van der Waals surface area contributed by atoms with Crippen LogP contribution in [-0.2, 0) is 4.79 Å². The minimum atomic E-state index is -0.219. The first-order chi connectivity index (χ1) is 12.2. The first-order valence-electron chi connectivity index (χ1n) is 9.46. The Kier molecular flexibility index (Phi) is 5.95. The Morgan fingerprint density at radius 2 is 1.84 bits per heavy atom. The van der Waals surface area contributed by atoms with Crippen LogP contribution in [0.15, 0.2) is 24.3 Å². The third-order valence-corrected chi connectivity index (χ3v) is 5.47. The number of carbonyl (C=O) groups excluding carboxylic acids is 2. The summed E-state index contributed by atoms with van der Waals surface area (Å²) in [6.07, 6.45) is 6.31. The van der Waals surface area contributed by atoms with E-state index in [0.717, 1.165) is 31.2 Å². The first-order valence-corrected chi connectivity index (χ1v) is 9.46. The molecule has 2 fully saturated rings. The maximum Gasteiger partial charge on any atom is 0.251 e. The van der Waals surface area contributed by atoms with Gasteiger partial charge in [0.15, 0.2) is 0 Å². The van der Waals surface area contributed by atoms with Crippen LogP contribution < -0.4 is 10.1 Å². The van der Waals surface area contributed by atoms with Gasteiger partial charge in [0.1, 0.15) is 5.75 Å². The van der Waals surface area contributed by atoms with E-state index in [2.05, 4.69) is 5.32 Å². The van der Waals surface area contributed by atoms with E-state index in [-0.39, 0.29) is 18.4 Å². The topological polar surface area (TPSA) is 58.6 Å². The van der Waals surface area contributed by atoms with Gasteiger partial charge in [-0.15, -0.1) is 0 Å². The molecular weight excluding hydrogens is 316 g/mol. The number of piperidine rings is 1.